The molecule has 1 aromatic carbocycles. The standard InChI is InChI=1S/C11H14Br2O2/c1-2-5-15-7-11(14)8-3-4-9(12)10(13)6-8/h3-4,6,11,14H,2,5,7H2,1H3. The lowest BCUT2D eigenvalue weighted by atomic mass is 10.1. The second-order valence-corrected chi connectivity index (χ2v) is 4.97. The Balaban J connectivity index is 2.57. The van der Waals surface area contributed by atoms with Gasteiger partial charge >= 0.3 is 0 Å². The van der Waals surface area contributed by atoms with E-state index in [0.29, 0.717) is 13.2 Å². The molecule has 15 heavy (non-hydrogen) atoms. The summed E-state index contributed by atoms with van der Waals surface area (Å²) in [6, 6.07) is 5.68. The van der Waals surface area contributed by atoms with Gasteiger partial charge in [0.25, 0.3) is 0 Å². The first-order chi connectivity index (χ1) is 7.15. The zero-order valence-corrected chi connectivity index (χ0v) is 11.7. The van der Waals surface area contributed by atoms with E-state index in [1.807, 2.05) is 25.1 Å². The molecule has 0 bridgehead atoms. The molecule has 0 heterocycles. The van der Waals surface area contributed by atoms with Gasteiger partial charge in [-0.15, -0.1) is 0 Å². The second kappa shape index (κ2) is 6.63. The average Bonchev–Trinajstić information content (AvgIpc) is 2.22. The van der Waals surface area contributed by atoms with Crippen LogP contribution in [0.2, 0.25) is 0 Å². The maximum atomic E-state index is 9.80. The van der Waals surface area contributed by atoms with Crippen LogP contribution in [-0.4, -0.2) is 18.3 Å². The molecule has 0 aromatic heterocycles. The molecule has 4 heteroatoms. The van der Waals surface area contributed by atoms with Crippen LogP contribution in [0.3, 0.4) is 0 Å². The SMILES string of the molecule is CCCOCC(O)c1ccc(Br)c(Br)c1. The molecular formula is C11H14Br2O2. The van der Waals surface area contributed by atoms with Crippen molar-refractivity contribution in [3.63, 3.8) is 0 Å². The number of aliphatic hydroxyl groups excluding tert-OH is 1. The molecule has 0 aliphatic carbocycles. The van der Waals surface area contributed by atoms with E-state index in [1.54, 1.807) is 0 Å². The zero-order chi connectivity index (χ0) is 11.3. The summed E-state index contributed by atoms with van der Waals surface area (Å²) in [6.07, 6.45) is 0.414. The fourth-order valence-corrected chi connectivity index (χ4v) is 1.80. The molecule has 1 aromatic rings. The van der Waals surface area contributed by atoms with Crippen molar-refractivity contribution in [1.29, 1.82) is 0 Å². The maximum absolute atomic E-state index is 9.80. The minimum absolute atomic E-state index is 0.349. The third-order valence-electron chi connectivity index (χ3n) is 1.95. The van der Waals surface area contributed by atoms with Gasteiger partial charge in [-0.3, -0.25) is 0 Å². The van der Waals surface area contributed by atoms with E-state index in [-0.39, 0.29) is 0 Å². The lowest BCUT2D eigenvalue weighted by Gasteiger charge is -2.12. The van der Waals surface area contributed by atoms with Crippen molar-refractivity contribution in [3.05, 3.63) is 32.7 Å². The molecular weight excluding hydrogens is 324 g/mol. The van der Waals surface area contributed by atoms with Crippen molar-refractivity contribution in [2.24, 2.45) is 0 Å². The predicted molar refractivity (Wildman–Crippen MR) is 67.9 cm³/mol. The summed E-state index contributed by atoms with van der Waals surface area (Å²) >= 11 is 6.78. The molecule has 1 N–H and O–H groups in total. The van der Waals surface area contributed by atoms with Crippen LogP contribution in [0.4, 0.5) is 0 Å². The van der Waals surface area contributed by atoms with Crippen LogP contribution < -0.4 is 0 Å². The molecule has 1 atom stereocenters. The number of rotatable bonds is 5. The maximum Gasteiger partial charge on any atom is 0.102 e. The van der Waals surface area contributed by atoms with Crippen molar-refractivity contribution >= 4 is 31.9 Å². The Morgan fingerprint density at radius 2 is 2.07 bits per heavy atom. The monoisotopic (exact) mass is 336 g/mol. The summed E-state index contributed by atoms with van der Waals surface area (Å²) in [5.74, 6) is 0. The van der Waals surface area contributed by atoms with Gasteiger partial charge in [-0.25, -0.2) is 0 Å². The number of hydrogen-bond acceptors (Lipinski definition) is 2. The Morgan fingerprint density at radius 1 is 1.33 bits per heavy atom. The summed E-state index contributed by atoms with van der Waals surface area (Å²) < 4.78 is 7.21. The topological polar surface area (TPSA) is 29.5 Å². The molecule has 0 radical (unpaired) electrons. The molecule has 0 aliphatic heterocycles. The van der Waals surface area contributed by atoms with E-state index >= 15 is 0 Å². The van der Waals surface area contributed by atoms with Gasteiger partial charge in [0.15, 0.2) is 0 Å². The molecule has 0 spiro atoms. The summed E-state index contributed by atoms with van der Waals surface area (Å²) in [5, 5.41) is 9.80. The molecule has 1 unspecified atom stereocenters. The van der Waals surface area contributed by atoms with E-state index in [2.05, 4.69) is 31.9 Å². The first-order valence-corrected chi connectivity index (χ1v) is 6.44. The van der Waals surface area contributed by atoms with E-state index in [4.69, 9.17) is 4.74 Å². The van der Waals surface area contributed by atoms with Gasteiger partial charge in [0.1, 0.15) is 6.10 Å². The van der Waals surface area contributed by atoms with Gasteiger partial charge < -0.3 is 9.84 Å². The quantitative estimate of drug-likeness (QED) is 0.831. The Bertz CT molecular complexity index is 315. The van der Waals surface area contributed by atoms with Gasteiger partial charge in [0.2, 0.25) is 0 Å². The average molecular weight is 338 g/mol. The third kappa shape index (κ3) is 4.23. The van der Waals surface area contributed by atoms with Crippen LogP contribution in [0.15, 0.2) is 27.1 Å². The first-order valence-electron chi connectivity index (χ1n) is 4.86. The number of benzene rings is 1. The number of hydrogen-bond donors (Lipinski definition) is 1. The third-order valence-corrected chi connectivity index (χ3v) is 3.83. The van der Waals surface area contributed by atoms with Gasteiger partial charge in [-0.2, -0.15) is 0 Å². The Morgan fingerprint density at radius 3 is 2.67 bits per heavy atom. The molecule has 0 saturated heterocycles. The fraction of sp³-hybridized carbons (Fsp3) is 0.455. The lowest BCUT2D eigenvalue weighted by Crippen LogP contribution is -2.07. The van der Waals surface area contributed by atoms with E-state index in [1.165, 1.54) is 0 Å². The minimum atomic E-state index is -0.555. The number of ether oxygens (including phenoxy) is 1. The van der Waals surface area contributed by atoms with Crippen molar-refractivity contribution < 1.29 is 9.84 Å². The summed E-state index contributed by atoms with van der Waals surface area (Å²) in [6.45, 7) is 3.08. The normalized spacial score (nSPS) is 12.8. The molecule has 0 fully saturated rings. The molecule has 2 nitrogen and oxygen atoms in total. The fourth-order valence-electron chi connectivity index (χ4n) is 1.16. The second-order valence-electron chi connectivity index (χ2n) is 3.26. The largest absolute Gasteiger partial charge is 0.386 e. The zero-order valence-electron chi connectivity index (χ0n) is 8.54. The summed E-state index contributed by atoms with van der Waals surface area (Å²) in [4.78, 5) is 0. The predicted octanol–water partition coefficient (Wildman–Crippen LogP) is 3.67. The smallest absolute Gasteiger partial charge is 0.102 e. The molecule has 0 saturated carbocycles. The molecule has 0 amide bonds. The van der Waals surface area contributed by atoms with Gasteiger partial charge in [0, 0.05) is 15.6 Å². The van der Waals surface area contributed by atoms with Gasteiger partial charge in [0.05, 0.1) is 6.61 Å². The Kier molecular flexibility index (Phi) is 5.82. The van der Waals surface area contributed by atoms with Gasteiger partial charge in [-0.1, -0.05) is 13.0 Å². The van der Waals surface area contributed by atoms with Crippen molar-refractivity contribution in [2.75, 3.05) is 13.2 Å². The van der Waals surface area contributed by atoms with Gasteiger partial charge in [-0.05, 0) is 56.0 Å². The highest BCUT2D eigenvalue weighted by atomic mass is 79.9. The summed E-state index contributed by atoms with van der Waals surface area (Å²) in [5.41, 5.74) is 0.862. The lowest BCUT2D eigenvalue weighted by molar-refractivity contribution is 0.0363. The van der Waals surface area contributed by atoms with Crippen molar-refractivity contribution in [3.8, 4) is 0 Å². The highest BCUT2D eigenvalue weighted by Crippen LogP contribution is 2.26. The summed E-state index contributed by atoms with van der Waals surface area (Å²) in [7, 11) is 0. The Hall–Kier alpha value is 0.1000. The molecule has 84 valence electrons. The van der Waals surface area contributed by atoms with E-state index in [9.17, 15) is 5.11 Å². The van der Waals surface area contributed by atoms with Crippen LogP contribution >= 0.6 is 31.9 Å². The highest BCUT2D eigenvalue weighted by Gasteiger charge is 2.08. The minimum Gasteiger partial charge on any atom is -0.386 e. The Labute approximate surface area is 107 Å². The van der Waals surface area contributed by atoms with Crippen LogP contribution in [0, 0.1) is 0 Å². The molecule has 1 rings (SSSR count). The van der Waals surface area contributed by atoms with E-state index < -0.39 is 6.10 Å². The number of aliphatic hydroxyl groups is 1. The van der Waals surface area contributed by atoms with Crippen LogP contribution in [0.5, 0.6) is 0 Å². The van der Waals surface area contributed by atoms with E-state index in [0.717, 1.165) is 20.9 Å². The highest BCUT2D eigenvalue weighted by molar-refractivity contribution is 9.13. The molecule has 0 aliphatic rings. The van der Waals surface area contributed by atoms with Crippen LogP contribution in [0.25, 0.3) is 0 Å². The first kappa shape index (κ1) is 13.2. The van der Waals surface area contributed by atoms with Crippen molar-refractivity contribution in [2.45, 2.75) is 19.4 Å². The van der Waals surface area contributed by atoms with Crippen LogP contribution in [0.1, 0.15) is 25.0 Å². The number of halogens is 2. The van der Waals surface area contributed by atoms with Crippen LogP contribution in [-0.2, 0) is 4.74 Å². The van der Waals surface area contributed by atoms with Crippen molar-refractivity contribution in [1.82, 2.24) is 0 Å².